The molecule has 0 fully saturated rings. The Hall–Kier alpha value is -3.28. The first-order valence-corrected chi connectivity index (χ1v) is 7.58. The fourth-order valence-corrected chi connectivity index (χ4v) is 2.19. The van der Waals surface area contributed by atoms with Crippen molar-refractivity contribution in [2.75, 3.05) is 11.5 Å². The molecule has 0 spiro atoms. The zero-order chi connectivity index (χ0) is 16.8. The molecule has 0 saturated heterocycles. The summed E-state index contributed by atoms with van der Waals surface area (Å²) in [5.41, 5.74) is 0.658. The van der Waals surface area contributed by atoms with Crippen molar-refractivity contribution in [3.8, 4) is 11.6 Å². The van der Waals surface area contributed by atoms with Gasteiger partial charge in [0, 0.05) is 6.07 Å². The Morgan fingerprint density at radius 2 is 1.75 bits per heavy atom. The molecular weight excluding hydrogens is 306 g/mol. The monoisotopic (exact) mass is 323 g/mol. The van der Waals surface area contributed by atoms with E-state index in [1.54, 1.807) is 30.3 Å². The Labute approximate surface area is 139 Å². The molecule has 122 valence electrons. The third-order valence-electron chi connectivity index (χ3n) is 3.22. The van der Waals surface area contributed by atoms with Gasteiger partial charge in [-0.25, -0.2) is 9.69 Å². The van der Waals surface area contributed by atoms with Gasteiger partial charge in [-0.1, -0.05) is 36.4 Å². The number of aromatic amines is 1. The minimum Gasteiger partial charge on any atom is -0.477 e. The maximum absolute atomic E-state index is 12.7. The van der Waals surface area contributed by atoms with Crippen LogP contribution in [0.15, 0.2) is 66.7 Å². The van der Waals surface area contributed by atoms with E-state index in [2.05, 4.69) is 10.2 Å². The molecule has 24 heavy (non-hydrogen) atoms. The fraction of sp³-hybridized carbons (Fsp3) is 0.111. The number of para-hydroxylation sites is 2. The minimum absolute atomic E-state index is 0.418. The predicted octanol–water partition coefficient (Wildman–Crippen LogP) is 4.15. The average Bonchev–Trinajstić information content (AvgIpc) is 3.05. The number of hydrogen-bond acceptors (Lipinski definition) is 4. The number of H-pyrrole nitrogens is 1. The molecule has 6 heteroatoms. The van der Waals surface area contributed by atoms with Gasteiger partial charge < -0.3 is 9.47 Å². The first-order chi connectivity index (χ1) is 11.8. The fourth-order valence-electron chi connectivity index (χ4n) is 2.19. The Balaban J connectivity index is 1.91. The van der Waals surface area contributed by atoms with Gasteiger partial charge in [0.05, 0.1) is 12.3 Å². The summed E-state index contributed by atoms with van der Waals surface area (Å²) in [7, 11) is 0. The lowest BCUT2D eigenvalue weighted by Crippen LogP contribution is -2.29. The number of hydrogen-bond donors (Lipinski definition) is 1. The molecule has 6 nitrogen and oxygen atoms in total. The first-order valence-electron chi connectivity index (χ1n) is 7.58. The number of carbonyl (C=O) groups excluding carboxylic acids is 1. The maximum Gasteiger partial charge on any atom is 0.425 e. The molecular formula is C18H17N3O3. The summed E-state index contributed by atoms with van der Waals surface area (Å²) in [6, 6.07) is 19.8. The van der Waals surface area contributed by atoms with Crippen LogP contribution in [0, 0.1) is 0 Å². The van der Waals surface area contributed by atoms with Crippen LogP contribution >= 0.6 is 0 Å². The average molecular weight is 323 g/mol. The summed E-state index contributed by atoms with van der Waals surface area (Å²) in [6.45, 7) is 2.36. The summed E-state index contributed by atoms with van der Waals surface area (Å²) in [4.78, 5) is 14.1. The lowest BCUT2D eigenvalue weighted by atomic mass is 10.3. The highest BCUT2D eigenvalue weighted by Gasteiger charge is 2.22. The predicted molar refractivity (Wildman–Crippen MR) is 90.8 cm³/mol. The van der Waals surface area contributed by atoms with E-state index in [0.717, 1.165) is 0 Å². The molecule has 1 heterocycles. The summed E-state index contributed by atoms with van der Waals surface area (Å²) < 4.78 is 10.8. The summed E-state index contributed by atoms with van der Waals surface area (Å²) >= 11 is 0. The summed E-state index contributed by atoms with van der Waals surface area (Å²) in [5.74, 6) is 1.35. The van der Waals surface area contributed by atoms with Crippen LogP contribution in [0.3, 0.4) is 0 Å². The molecule has 0 bridgehead atoms. The normalized spacial score (nSPS) is 10.2. The van der Waals surface area contributed by atoms with Crippen molar-refractivity contribution in [2.45, 2.75) is 6.92 Å². The highest BCUT2D eigenvalue weighted by Crippen LogP contribution is 2.27. The number of aromatic nitrogens is 2. The third kappa shape index (κ3) is 3.55. The zero-order valence-corrected chi connectivity index (χ0v) is 13.2. The number of rotatable bonds is 5. The Morgan fingerprint density at radius 1 is 1.08 bits per heavy atom. The van der Waals surface area contributed by atoms with E-state index in [-0.39, 0.29) is 0 Å². The first kappa shape index (κ1) is 15.6. The van der Waals surface area contributed by atoms with Crippen LogP contribution in [-0.4, -0.2) is 22.9 Å². The maximum atomic E-state index is 12.7. The van der Waals surface area contributed by atoms with E-state index in [4.69, 9.17) is 9.47 Å². The van der Waals surface area contributed by atoms with Gasteiger partial charge in [-0.2, -0.15) is 0 Å². The number of nitrogens with zero attached hydrogens (tertiary/aromatic N) is 2. The molecule has 1 amide bonds. The van der Waals surface area contributed by atoms with Crippen LogP contribution in [0.2, 0.25) is 0 Å². The van der Waals surface area contributed by atoms with E-state index >= 15 is 0 Å². The van der Waals surface area contributed by atoms with E-state index < -0.39 is 6.09 Å². The van der Waals surface area contributed by atoms with Crippen molar-refractivity contribution in [1.82, 2.24) is 10.2 Å². The van der Waals surface area contributed by atoms with Gasteiger partial charge >= 0.3 is 6.09 Å². The summed E-state index contributed by atoms with van der Waals surface area (Å²) in [5, 5.41) is 6.85. The van der Waals surface area contributed by atoms with Crippen LogP contribution in [0.25, 0.3) is 0 Å². The largest absolute Gasteiger partial charge is 0.477 e. The highest BCUT2D eigenvalue weighted by molar-refractivity contribution is 5.96. The molecule has 0 atom stereocenters. The smallest absolute Gasteiger partial charge is 0.425 e. The van der Waals surface area contributed by atoms with Gasteiger partial charge in [-0.3, -0.25) is 5.10 Å². The van der Waals surface area contributed by atoms with Gasteiger partial charge in [0.1, 0.15) is 11.6 Å². The summed E-state index contributed by atoms with van der Waals surface area (Å²) in [6.07, 6.45) is -0.543. The number of carbonyl (C=O) groups is 1. The number of ether oxygens (including phenoxy) is 2. The molecule has 0 aliphatic carbocycles. The van der Waals surface area contributed by atoms with Crippen LogP contribution in [-0.2, 0) is 0 Å². The number of amides is 1. The molecule has 0 unspecified atom stereocenters. The molecule has 1 aromatic heterocycles. The highest BCUT2D eigenvalue weighted by atomic mass is 16.6. The second kappa shape index (κ2) is 7.32. The topological polar surface area (TPSA) is 67.4 Å². The van der Waals surface area contributed by atoms with Crippen molar-refractivity contribution < 1.29 is 14.3 Å². The van der Waals surface area contributed by atoms with Gasteiger partial charge in [-0.05, 0) is 31.2 Å². The Kier molecular flexibility index (Phi) is 4.76. The Bertz CT molecular complexity index is 788. The van der Waals surface area contributed by atoms with Gasteiger partial charge in [0.15, 0.2) is 0 Å². The van der Waals surface area contributed by atoms with Crippen molar-refractivity contribution >= 4 is 17.6 Å². The van der Waals surface area contributed by atoms with Gasteiger partial charge in [0.2, 0.25) is 5.88 Å². The molecule has 0 saturated carbocycles. The number of benzene rings is 2. The quantitative estimate of drug-likeness (QED) is 0.766. The molecule has 0 aliphatic rings. The number of anilines is 2. The SMILES string of the molecule is CCOc1cc(N(C(=O)Oc2ccccc2)c2ccccc2)[nH]n1. The van der Waals surface area contributed by atoms with Crippen molar-refractivity contribution in [2.24, 2.45) is 0 Å². The second-order valence-corrected chi connectivity index (χ2v) is 4.88. The molecule has 1 N–H and O–H groups in total. The van der Waals surface area contributed by atoms with Crippen LogP contribution in [0.1, 0.15) is 6.92 Å². The Morgan fingerprint density at radius 3 is 2.42 bits per heavy atom. The second-order valence-electron chi connectivity index (χ2n) is 4.88. The lowest BCUT2D eigenvalue weighted by Gasteiger charge is -2.20. The van der Waals surface area contributed by atoms with Crippen molar-refractivity contribution in [3.05, 3.63) is 66.7 Å². The van der Waals surface area contributed by atoms with Crippen molar-refractivity contribution in [3.63, 3.8) is 0 Å². The van der Waals surface area contributed by atoms with E-state index in [0.29, 0.717) is 29.7 Å². The van der Waals surface area contributed by atoms with E-state index in [1.807, 2.05) is 43.3 Å². The van der Waals surface area contributed by atoms with Crippen LogP contribution in [0.4, 0.5) is 16.3 Å². The standard InChI is InChI=1S/C18H17N3O3/c1-2-23-17-13-16(19-20-17)21(14-9-5-3-6-10-14)18(22)24-15-11-7-4-8-12-15/h3-13H,2H2,1H3,(H,19,20). The van der Waals surface area contributed by atoms with Crippen LogP contribution < -0.4 is 14.4 Å². The van der Waals surface area contributed by atoms with Crippen LogP contribution in [0.5, 0.6) is 11.6 Å². The third-order valence-corrected chi connectivity index (χ3v) is 3.22. The number of nitrogens with one attached hydrogen (secondary N) is 1. The van der Waals surface area contributed by atoms with E-state index in [1.165, 1.54) is 4.90 Å². The van der Waals surface area contributed by atoms with Gasteiger partial charge in [0.25, 0.3) is 0 Å². The lowest BCUT2D eigenvalue weighted by molar-refractivity contribution is 0.210. The van der Waals surface area contributed by atoms with Gasteiger partial charge in [-0.15, -0.1) is 5.10 Å². The minimum atomic E-state index is -0.543. The molecule has 3 rings (SSSR count). The molecule has 2 aromatic carbocycles. The van der Waals surface area contributed by atoms with Crippen molar-refractivity contribution in [1.29, 1.82) is 0 Å². The molecule has 0 radical (unpaired) electrons. The van der Waals surface area contributed by atoms with E-state index in [9.17, 15) is 4.79 Å². The molecule has 3 aromatic rings. The zero-order valence-electron chi connectivity index (χ0n) is 13.2. The molecule has 0 aliphatic heterocycles.